The van der Waals surface area contributed by atoms with E-state index in [-0.39, 0.29) is 12.3 Å². The smallest absolute Gasteiger partial charge is 0.257 e. The van der Waals surface area contributed by atoms with Crippen molar-refractivity contribution in [2.45, 2.75) is 13.3 Å². The van der Waals surface area contributed by atoms with Crippen molar-refractivity contribution in [3.63, 3.8) is 0 Å². The van der Waals surface area contributed by atoms with Crippen molar-refractivity contribution in [3.05, 3.63) is 29.8 Å². The second-order valence-electron chi connectivity index (χ2n) is 2.86. The van der Waals surface area contributed by atoms with Crippen LogP contribution in [0.1, 0.15) is 23.7 Å². The van der Waals surface area contributed by atoms with Crippen LogP contribution in [0, 0.1) is 0 Å². The zero-order valence-corrected chi connectivity index (χ0v) is 7.91. The highest BCUT2D eigenvalue weighted by atomic mass is 16.2. The van der Waals surface area contributed by atoms with E-state index in [0.29, 0.717) is 11.3 Å². The molecule has 14 heavy (non-hydrogen) atoms. The highest BCUT2D eigenvalue weighted by Crippen LogP contribution is 2.05. The van der Waals surface area contributed by atoms with Crippen molar-refractivity contribution in [3.8, 4) is 0 Å². The summed E-state index contributed by atoms with van der Waals surface area (Å²) in [7, 11) is 0. The summed E-state index contributed by atoms with van der Waals surface area (Å²) in [5.74, 6) is -0.707. The van der Waals surface area contributed by atoms with Gasteiger partial charge in [0.05, 0.1) is 0 Å². The monoisotopic (exact) mass is 192 g/mol. The van der Waals surface area contributed by atoms with Crippen molar-refractivity contribution in [2.75, 3.05) is 5.73 Å². The molecule has 1 rings (SSSR count). The van der Waals surface area contributed by atoms with E-state index in [2.05, 4.69) is 5.32 Å². The molecule has 0 bridgehead atoms. The van der Waals surface area contributed by atoms with Gasteiger partial charge in [-0.3, -0.25) is 14.9 Å². The lowest BCUT2D eigenvalue weighted by atomic mass is 10.2. The first kappa shape index (κ1) is 10.2. The molecule has 0 saturated heterocycles. The van der Waals surface area contributed by atoms with E-state index in [0.717, 1.165) is 0 Å². The fraction of sp³-hybridized carbons (Fsp3) is 0.200. The van der Waals surface area contributed by atoms with Gasteiger partial charge >= 0.3 is 0 Å². The molecular weight excluding hydrogens is 180 g/mol. The Hall–Kier alpha value is -1.84. The number of amides is 2. The van der Waals surface area contributed by atoms with Crippen molar-refractivity contribution in [1.29, 1.82) is 0 Å². The maximum atomic E-state index is 11.4. The number of rotatable bonds is 2. The minimum atomic E-state index is -0.413. The summed E-state index contributed by atoms with van der Waals surface area (Å²) in [4.78, 5) is 22.3. The normalized spacial score (nSPS) is 9.50. The van der Waals surface area contributed by atoms with Gasteiger partial charge < -0.3 is 5.73 Å². The van der Waals surface area contributed by atoms with Crippen LogP contribution in [0.15, 0.2) is 24.3 Å². The molecule has 0 saturated carbocycles. The van der Waals surface area contributed by atoms with Crippen LogP contribution in [0.5, 0.6) is 0 Å². The third-order valence-electron chi connectivity index (χ3n) is 1.72. The molecule has 4 heteroatoms. The fourth-order valence-electron chi connectivity index (χ4n) is 0.967. The first-order chi connectivity index (χ1) is 6.63. The largest absolute Gasteiger partial charge is 0.399 e. The molecule has 0 aliphatic carbocycles. The Morgan fingerprint density at radius 3 is 2.71 bits per heavy atom. The first-order valence-corrected chi connectivity index (χ1v) is 4.33. The lowest BCUT2D eigenvalue weighted by Crippen LogP contribution is -2.29. The molecule has 74 valence electrons. The molecule has 0 aliphatic rings. The quantitative estimate of drug-likeness (QED) is 0.685. The van der Waals surface area contributed by atoms with Crippen molar-refractivity contribution in [1.82, 2.24) is 5.32 Å². The van der Waals surface area contributed by atoms with Crippen molar-refractivity contribution < 1.29 is 9.59 Å². The van der Waals surface area contributed by atoms with Crippen molar-refractivity contribution >= 4 is 17.5 Å². The standard InChI is InChI=1S/C10H12N2O2/c1-2-9(13)12-10(14)7-4-3-5-8(11)6-7/h3-6H,2,11H2,1H3,(H,12,13,14). The third-order valence-corrected chi connectivity index (χ3v) is 1.72. The second-order valence-corrected chi connectivity index (χ2v) is 2.86. The van der Waals surface area contributed by atoms with Crippen LogP contribution in [-0.4, -0.2) is 11.8 Å². The molecule has 0 atom stereocenters. The number of hydrogen-bond donors (Lipinski definition) is 2. The number of carbonyl (C=O) groups is 2. The Balaban J connectivity index is 2.75. The lowest BCUT2D eigenvalue weighted by Gasteiger charge is -2.02. The summed E-state index contributed by atoms with van der Waals surface area (Å²) in [6.45, 7) is 1.68. The number of imide groups is 1. The van der Waals surface area contributed by atoms with E-state index in [1.807, 2.05) is 0 Å². The van der Waals surface area contributed by atoms with Gasteiger partial charge in [0.1, 0.15) is 0 Å². The van der Waals surface area contributed by atoms with Gasteiger partial charge in [-0.25, -0.2) is 0 Å². The average Bonchev–Trinajstić information content (AvgIpc) is 2.17. The van der Waals surface area contributed by atoms with Crippen LogP contribution < -0.4 is 11.1 Å². The van der Waals surface area contributed by atoms with Crippen molar-refractivity contribution in [2.24, 2.45) is 0 Å². The Bertz CT molecular complexity index is 361. The Morgan fingerprint density at radius 2 is 2.14 bits per heavy atom. The van der Waals surface area contributed by atoms with E-state index in [1.165, 1.54) is 6.07 Å². The molecule has 0 fully saturated rings. The maximum Gasteiger partial charge on any atom is 0.257 e. The number of nitrogens with one attached hydrogen (secondary N) is 1. The van der Waals surface area contributed by atoms with Crippen LogP contribution in [-0.2, 0) is 4.79 Å². The fourth-order valence-corrected chi connectivity index (χ4v) is 0.967. The molecule has 0 spiro atoms. The minimum absolute atomic E-state index is 0.286. The molecule has 0 aliphatic heterocycles. The average molecular weight is 192 g/mol. The Morgan fingerprint density at radius 1 is 1.43 bits per heavy atom. The molecular formula is C10H12N2O2. The molecule has 2 amide bonds. The lowest BCUT2D eigenvalue weighted by molar-refractivity contribution is -0.119. The molecule has 0 unspecified atom stereocenters. The molecule has 4 nitrogen and oxygen atoms in total. The molecule has 3 N–H and O–H groups in total. The summed E-state index contributed by atoms with van der Waals surface area (Å²) in [6.07, 6.45) is 0.286. The zero-order chi connectivity index (χ0) is 10.6. The van der Waals surface area contributed by atoms with Gasteiger partial charge in [0.25, 0.3) is 5.91 Å². The summed E-state index contributed by atoms with van der Waals surface area (Å²) in [5, 5.41) is 2.24. The molecule has 0 radical (unpaired) electrons. The van der Waals surface area contributed by atoms with E-state index < -0.39 is 5.91 Å². The molecule has 0 aromatic heterocycles. The van der Waals surface area contributed by atoms with Crippen LogP contribution in [0.3, 0.4) is 0 Å². The van der Waals surface area contributed by atoms with E-state index in [1.54, 1.807) is 25.1 Å². The number of benzene rings is 1. The van der Waals surface area contributed by atoms with Gasteiger partial charge in [-0.1, -0.05) is 13.0 Å². The predicted octanol–water partition coefficient (Wildman–Crippen LogP) is 0.935. The second kappa shape index (κ2) is 4.41. The molecule has 1 aromatic carbocycles. The van der Waals surface area contributed by atoms with Gasteiger partial charge in [0.2, 0.25) is 5.91 Å². The highest BCUT2D eigenvalue weighted by Gasteiger charge is 2.08. The minimum Gasteiger partial charge on any atom is -0.399 e. The number of carbonyl (C=O) groups excluding carboxylic acids is 2. The van der Waals surface area contributed by atoms with Crippen LogP contribution in [0.4, 0.5) is 5.69 Å². The number of nitrogen functional groups attached to an aromatic ring is 1. The van der Waals surface area contributed by atoms with Crippen LogP contribution >= 0.6 is 0 Å². The Kier molecular flexibility index (Phi) is 3.23. The van der Waals surface area contributed by atoms with Crippen LogP contribution in [0.2, 0.25) is 0 Å². The van der Waals surface area contributed by atoms with Gasteiger partial charge in [0.15, 0.2) is 0 Å². The third kappa shape index (κ3) is 2.58. The number of nitrogens with two attached hydrogens (primary N) is 1. The first-order valence-electron chi connectivity index (χ1n) is 4.33. The van der Waals surface area contributed by atoms with Gasteiger partial charge in [0, 0.05) is 17.7 Å². The SMILES string of the molecule is CCC(=O)NC(=O)c1cccc(N)c1. The molecule has 0 heterocycles. The van der Waals surface area contributed by atoms with E-state index >= 15 is 0 Å². The van der Waals surface area contributed by atoms with Gasteiger partial charge in [-0.05, 0) is 18.2 Å². The van der Waals surface area contributed by atoms with Crippen LogP contribution in [0.25, 0.3) is 0 Å². The van der Waals surface area contributed by atoms with E-state index in [9.17, 15) is 9.59 Å². The summed E-state index contributed by atoms with van der Waals surface area (Å²) >= 11 is 0. The van der Waals surface area contributed by atoms with E-state index in [4.69, 9.17) is 5.73 Å². The predicted molar refractivity (Wildman–Crippen MR) is 53.6 cm³/mol. The highest BCUT2D eigenvalue weighted by molar-refractivity contribution is 6.04. The Labute approximate surface area is 82.1 Å². The maximum absolute atomic E-state index is 11.4. The number of hydrogen-bond acceptors (Lipinski definition) is 3. The summed E-state index contributed by atoms with van der Waals surface area (Å²) in [5.41, 5.74) is 6.39. The summed E-state index contributed by atoms with van der Waals surface area (Å²) < 4.78 is 0. The number of anilines is 1. The topological polar surface area (TPSA) is 72.2 Å². The zero-order valence-electron chi connectivity index (χ0n) is 7.91. The van der Waals surface area contributed by atoms with Gasteiger partial charge in [-0.2, -0.15) is 0 Å². The van der Waals surface area contributed by atoms with Gasteiger partial charge in [-0.15, -0.1) is 0 Å². The summed E-state index contributed by atoms with van der Waals surface area (Å²) in [6, 6.07) is 6.48. The molecule has 1 aromatic rings.